The minimum Gasteiger partial charge on any atom is -0.311 e. The van der Waals surface area contributed by atoms with E-state index in [1.807, 2.05) is 13.8 Å². The summed E-state index contributed by atoms with van der Waals surface area (Å²) in [6.45, 7) is 4.10. The van der Waals surface area contributed by atoms with Gasteiger partial charge in [0.15, 0.2) is 5.69 Å². The van der Waals surface area contributed by atoms with Gasteiger partial charge in [0.25, 0.3) is 5.91 Å². The molecule has 3 aromatic rings. The molecule has 0 spiro atoms. The summed E-state index contributed by atoms with van der Waals surface area (Å²) in [5.41, 5.74) is 3.60. The lowest BCUT2D eigenvalue weighted by molar-refractivity contribution is 0.102. The maximum atomic E-state index is 12.7. The molecule has 28 heavy (non-hydrogen) atoms. The van der Waals surface area contributed by atoms with E-state index in [0.29, 0.717) is 27.9 Å². The highest BCUT2D eigenvalue weighted by atomic mass is 35.5. The Kier molecular flexibility index (Phi) is 4.96. The molecule has 9 heteroatoms. The van der Waals surface area contributed by atoms with Crippen LogP contribution in [0.3, 0.4) is 0 Å². The van der Waals surface area contributed by atoms with E-state index in [4.69, 9.17) is 11.6 Å². The van der Waals surface area contributed by atoms with Crippen LogP contribution in [0.1, 0.15) is 50.7 Å². The topological polar surface area (TPSA) is 88.5 Å². The zero-order valence-corrected chi connectivity index (χ0v) is 17.2. The fourth-order valence-electron chi connectivity index (χ4n) is 3.45. The molecule has 0 aromatic carbocycles. The molecule has 3 heterocycles. The minimum absolute atomic E-state index is 0.294. The number of anilines is 1. The van der Waals surface area contributed by atoms with Crippen LogP contribution in [0.4, 0.5) is 5.00 Å². The molecule has 1 aliphatic rings. The Labute approximate surface area is 171 Å². The summed E-state index contributed by atoms with van der Waals surface area (Å²) in [7, 11) is 0. The normalized spacial score (nSPS) is 13.2. The molecule has 3 aromatic heterocycles. The van der Waals surface area contributed by atoms with Crippen LogP contribution in [0.5, 0.6) is 0 Å². The first-order chi connectivity index (χ1) is 13.5. The highest BCUT2D eigenvalue weighted by Crippen LogP contribution is 2.37. The smallest absolute Gasteiger partial charge is 0.276 e. The third-order valence-electron chi connectivity index (χ3n) is 4.96. The Morgan fingerprint density at radius 1 is 1.36 bits per heavy atom. The fourth-order valence-corrected chi connectivity index (χ4v) is 4.82. The molecular weight excluding hydrogens is 396 g/mol. The molecule has 144 valence electrons. The molecule has 0 saturated heterocycles. The van der Waals surface area contributed by atoms with Crippen molar-refractivity contribution in [3.63, 3.8) is 0 Å². The van der Waals surface area contributed by atoms with E-state index in [1.54, 1.807) is 21.6 Å². The number of hydrogen-bond donors (Lipinski definition) is 1. The number of nitriles is 1. The number of halogens is 1. The molecule has 0 atom stereocenters. The predicted octanol–water partition coefficient (Wildman–Crippen LogP) is 3.92. The Morgan fingerprint density at radius 3 is 2.86 bits per heavy atom. The summed E-state index contributed by atoms with van der Waals surface area (Å²) in [5.74, 6) is -0.319. The quantitative estimate of drug-likeness (QED) is 0.700. The summed E-state index contributed by atoms with van der Waals surface area (Å²) in [4.78, 5) is 13.9. The van der Waals surface area contributed by atoms with Crippen molar-refractivity contribution in [1.29, 1.82) is 5.26 Å². The number of amides is 1. The van der Waals surface area contributed by atoms with E-state index in [0.717, 1.165) is 42.6 Å². The van der Waals surface area contributed by atoms with Crippen molar-refractivity contribution in [2.45, 2.75) is 46.2 Å². The van der Waals surface area contributed by atoms with Crippen molar-refractivity contribution in [2.24, 2.45) is 0 Å². The van der Waals surface area contributed by atoms with Crippen molar-refractivity contribution in [3.8, 4) is 6.07 Å². The van der Waals surface area contributed by atoms with Gasteiger partial charge in [-0.15, -0.1) is 11.3 Å². The molecule has 0 radical (unpaired) electrons. The number of aromatic nitrogens is 4. The summed E-state index contributed by atoms with van der Waals surface area (Å²) in [6, 6.07) is 3.91. The number of rotatable bonds is 4. The molecule has 0 bridgehead atoms. The second-order valence-corrected chi connectivity index (χ2v) is 8.33. The fraction of sp³-hybridized carbons (Fsp3) is 0.368. The molecule has 0 unspecified atom stereocenters. The molecule has 7 nitrogen and oxygen atoms in total. The van der Waals surface area contributed by atoms with Crippen molar-refractivity contribution >= 4 is 33.8 Å². The number of carbonyl (C=O) groups excluding carboxylic acids is 1. The summed E-state index contributed by atoms with van der Waals surface area (Å²) in [6.07, 6.45) is 5.83. The average molecular weight is 415 g/mol. The Hall–Kier alpha value is -2.63. The van der Waals surface area contributed by atoms with Gasteiger partial charge < -0.3 is 5.32 Å². The van der Waals surface area contributed by atoms with Crippen LogP contribution in [0.25, 0.3) is 0 Å². The first-order valence-corrected chi connectivity index (χ1v) is 10.3. The van der Waals surface area contributed by atoms with Crippen LogP contribution in [0.2, 0.25) is 5.02 Å². The summed E-state index contributed by atoms with van der Waals surface area (Å²) >= 11 is 7.69. The number of nitrogens with zero attached hydrogens (tertiary/aromatic N) is 5. The predicted molar refractivity (Wildman–Crippen MR) is 108 cm³/mol. The Morgan fingerprint density at radius 2 is 2.14 bits per heavy atom. The molecule has 1 N–H and O–H groups in total. The van der Waals surface area contributed by atoms with Gasteiger partial charge in [0.1, 0.15) is 17.7 Å². The third-order valence-corrected chi connectivity index (χ3v) is 6.71. The maximum absolute atomic E-state index is 12.7. The van der Waals surface area contributed by atoms with Gasteiger partial charge in [-0.3, -0.25) is 9.48 Å². The molecule has 1 aliphatic carbocycles. The lowest BCUT2D eigenvalue weighted by Gasteiger charge is -2.09. The second kappa shape index (κ2) is 7.41. The van der Waals surface area contributed by atoms with Crippen molar-refractivity contribution < 1.29 is 4.79 Å². The van der Waals surface area contributed by atoms with E-state index < -0.39 is 0 Å². The molecule has 4 rings (SSSR count). The van der Waals surface area contributed by atoms with E-state index in [9.17, 15) is 10.1 Å². The number of aryl methyl sites for hydroxylation is 2. The molecule has 1 amide bonds. The molecular formula is C19H19ClN6OS. The van der Waals surface area contributed by atoms with Gasteiger partial charge in [-0.2, -0.15) is 15.5 Å². The minimum atomic E-state index is -0.319. The van der Waals surface area contributed by atoms with Crippen LogP contribution < -0.4 is 5.32 Å². The highest BCUT2D eigenvalue weighted by Gasteiger charge is 2.22. The van der Waals surface area contributed by atoms with Gasteiger partial charge in [0, 0.05) is 11.1 Å². The number of thiophene rings is 1. The van der Waals surface area contributed by atoms with E-state index >= 15 is 0 Å². The van der Waals surface area contributed by atoms with E-state index in [-0.39, 0.29) is 5.91 Å². The van der Waals surface area contributed by atoms with Crippen molar-refractivity contribution in [2.75, 3.05) is 5.32 Å². The lowest BCUT2D eigenvalue weighted by atomic mass is 9.96. The van der Waals surface area contributed by atoms with Crippen LogP contribution >= 0.6 is 22.9 Å². The van der Waals surface area contributed by atoms with Gasteiger partial charge in [-0.1, -0.05) is 11.6 Å². The van der Waals surface area contributed by atoms with Gasteiger partial charge >= 0.3 is 0 Å². The van der Waals surface area contributed by atoms with E-state index in [2.05, 4.69) is 21.6 Å². The van der Waals surface area contributed by atoms with Crippen LogP contribution in [-0.2, 0) is 19.5 Å². The molecule has 0 fully saturated rings. The first kappa shape index (κ1) is 18.7. The standard InChI is InChI=1S/C19H19ClN6OS/c1-11-17(20)12(2)26(23-11)10-25-8-7-15(24-25)18(27)22-19-14(9-21)13-5-3-4-6-16(13)28-19/h7-8H,3-6,10H2,1-2H3,(H,22,27). The van der Waals surface area contributed by atoms with Crippen LogP contribution in [0.15, 0.2) is 12.3 Å². The number of carbonyl (C=O) groups is 1. The van der Waals surface area contributed by atoms with E-state index in [1.165, 1.54) is 16.2 Å². The van der Waals surface area contributed by atoms with Gasteiger partial charge in [-0.25, -0.2) is 4.68 Å². The average Bonchev–Trinajstić information content (AvgIpc) is 3.35. The monoisotopic (exact) mass is 414 g/mol. The maximum Gasteiger partial charge on any atom is 0.276 e. The van der Waals surface area contributed by atoms with Gasteiger partial charge in [-0.05, 0) is 51.2 Å². The number of fused-ring (bicyclic) bond motifs is 1. The van der Waals surface area contributed by atoms with Gasteiger partial charge in [0.2, 0.25) is 0 Å². The lowest BCUT2D eigenvalue weighted by Crippen LogP contribution is -2.15. The van der Waals surface area contributed by atoms with Crippen molar-refractivity contribution in [3.05, 3.63) is 50.4 Å². The van der Waals surface area contributed by atoms with Crippen LogP contribution in [-0.4, -0.2) is 25.5 Å². The Bertz CT molecular complexity index is 1100. The molecule has 0 saturated carbocycles. The number of hydrogen-bond acceptors (Lipinski definition) is 5. The summed E-state index contributed by atoms with van der Waals surface area (Å²) < 4.78 is 3.38. The largest absolute Gasteiger partial charge is 0.311 e. The second-order valence-electron chi connectivity index (χ2n) is 6.85. The van der Waals surface area contributed by atoms with Gasteiger partial charge in [0.05, 0.1) is 22.0 Å². The summed E-state index contributed by atoms with van der Waals surface area (Å²) in [5, 5.41) is 22.4. The Balaban J connectivity index is 1.52. The first-order valence-electron chi connectivity index (χ1n) is 9.07. The van der Waals surface area contributed by atoms with Crippen molar-refractivity contribution in [1.82, 2.24) is 19.6 Å². The highest BCUT2D eigenvalue weighted by molar-refractivity contribution is 7.16. The SMILES string of the molecule is Cc1nn(Cn2ccc(C(=O)Nc3sc4c(c3C#N)CCCC4)n2)c(C)c1Cl. The zero-order chi connectivity index (χ0) is 19.8. The van der Waals surface area contributed by atoms with Crippen LogP contribution in [0, 0.1) is 25.2 Å². The zero-order valence-electron chi connectivity index (χ0n) is 15.6. The molecule has 0 aliphatic heterocycles. The third kappa shape index (κ3) is 3.32. The number of nitrogens with one attached hydrogen (secondary N) is 1.